The maximum absolute atomic E-state index is 13.0. The Balaban J connectivity index is 1.66. The lowest BCUT2D eigenvalue weighted by molar-refractivity contribution is -0.146. The molecule has 1 N–H and O–H groups in total. The molecule has 1 heterocycles. The number of aliphatic carboxylic acids is 1. The molecule has 3 fully saturated rings. The second-order valence-electron chi connectivity index (χ2n) is 9.07. The van der Waals surface area contributed by atoms with E-state index < -0.39 is 5.97 Å². The van der Waals surface area contributed by atoms with Gasteiger partial charge in [-0.1, -0.05) is 20.8 Å². The molecule has 22 heavy (non-hydrogen) atoms. The summed E-state index contributed by atoms with van der Waals surface area (Å²) in [7, 11) is 0. The second kappa shape index (κ2) is 5.24. The lowest BCUT2D eigenvalue weighted by Gasteiger charge is -2.39. The summed E-state index contributed by atoms with van der Waals surface area (Å²) in [5.41, 5.74) is 0.605. The highest BCUT2D eigenvalue weighted by atomic mass is 16.4. The van der Waals surface area contributed by atoms with Crippen molar-refractivity contribution in [3.8, 4) is 0 Å². The van der Waals surface area contributed by atoms with Gasteiger partial charge in [0.15, 0.2) is 0 Å². The maximum atomic E-state index is 13.0. The zero-order valence-electron chi connectivity index (χ0n) is 14.1. The van der Waals surface area contributed by atoms with Crippen LogP contribution < -0.4 is 0 Å². The number of carboxylic acids is 1. The van der Waals surface area contributed by atoms with Crippen LogP contribution in [0.2, 0.25) is 0 Å². The van der Waals surface area contributed by atoms with E-state index in [0.717, 1.165) is 32.2 Å². The number of hydrogen-bond acceptors (Lipinski definition) is 2. The number of carbonyl (C=O) groups excluding carboxylic acids is 1. The van der Waals surface area contributed by atoms with E-state index in [1.807, 2.05) is 0 Å². The van der Waals surface area contributed by atoms with Crippen LogP contribution in [0, 0.1) is 22.7 Å². The first kappa shape index (κ1) is 15.8. The molecule has 124 valence electrons. The lowest BCUT2D eigenvalue weighted by Crippen LogP contribution is -2.42. The van der Waals surface area contributed by atoms with Crippen LogP contribution in [0.25, 0.3) is 0 Å². The van der Waals surface area contributed by atoms with Crippen molar-refractivity contribution in [1.82, 2.24) is 4.90 Å². The van der Waals surface area contributed by atoms with Crippen molar-refractivity contribution in [3.63, 3.8) is 0 Å². The fourth-order valence-electron chi connectivity index (χ4n) is 5.54. The molecule has 3 aliphatic rings. The Morgan fingerprint density at radius 3 is 2.18 bits per heavy atom. The van der Waals surface area contributed by atoms with E-state index >= 15 is 0 Å². The summed E-state index contributed by atoms with van der Waals surface area (Å²) in [6.45, 7) is 7.88. The minimum atomic E-state index is -0.697. The molecular weight excluding hydrogens is 278 g/mol. The molecule has 2 aliphatic carbocycles. The number of hydrogen-bond donors (Lipinski definition) is 1. The molecule has 2 saturated carbocycles. The number of carbonyl (C=O) groups is 2. The molecule has 2 bridgehead atoms. The van der Waals surface area contributed by atoms with Gasteiger partial charge in [0.1, 0.15) is 0 Å². The van der Waals surface area contributed by atoms with E-state index in [-0.39, 0.29) is 17.3 Å². The van der Waals surface area contributed by atoms with Crippen LogP contribution in [-0.2, 0) is 9.59 Å². The number of rotatable bonds is 2. The highest BCUT2D eigenvalue weighted by Gasteiger charge is 2.51. The Labute approximate surface area is 133 Å². The van der Waals surface area contributed by atoms with Crippen molar-refractivity contribution in [2.45, 2.75) is 71.8 Å². The van der Waals surface area contributed by atoms with E-state index in [0.29, 0.717) is 30.2 Å². The number of nitrogens with zero attached hydrogens (tertiary/aromatic N) is 1. The van der Waals surface area contributed by atoms with Crippen LogP contribution in [0.3, 0.4) is 0 Å². The Bertz CT molecular complexity index is 479. The number of amides is 1. The monoisotopic (exact) mass is 307 g/mol. The predicted molar refractivity (Wildman–Crippen MR) is 84.3 cm³/mol. The van der Waals surface area contributed by atoms with Gasteiger partial charge in [-0.3, -0.25) is 9.59 Å². The normalized spacial score (nSPS) is 40.5. The molecule has 0 aromatic carbocycles. The van der Waals surface area contributed by atoms with Gasteiger partial charge in [-0.05, 0) is 55.8 Å². The molecule has 0 spiro atoms. The van der Waals surface area contributed by atoms with Gasteiger partial charge in [0.2, 0.25) is 5.91 Å². The fraction of sp³-hybridized carbons (Fsp3) is 0.889. The smallest absolute Gasteiger partial charge is 0.306 e. The number of likely N-dealkylation sites (tertiary alicyclic amines) is 1. The van der Waals surface area contributed by atoms with Crippen LogP contribution in [0.15, 0.2) is 0 Å². The minimum Gasteiger partial charge on any atom is -0.481 e. The molecule has 0 aromatic rings. The summed E-state index contributed by atoms with van der Waals surface area (Å²) in [4.78, 5) is 26.2. The predicted octanol–water partition coefficient (Wildman–Crippen LogP) is 3.30. The van der Waals surface area contributed by atoms with Gasteiger partial charge >= 0.3 is 5.97 Å². The largest absolute Gasteiger partial charge is 0.481 e. The van der Waals surface area contributed by atoms with Gasteiger partial charge in [-0.2, -0.15) is 0 Å². The molecule has 1 amide bonds. The van der Waals surface area contributed by atoms with Crippen molar-refractivity contribution in [3.05, 3.63) is 0 Å². The summed E-state index contributed by atoms with van der Waals surface area (Å²) in [6.07, 6.45) is 6.27. The zero-order valence-corrected chi connectivity index (χ0v) is 14.1. The summed E-state index contributed by atoms with van der Waals surface area (Å²) >= 11 is 0. The molecule has 0 radical (unpaired) electrons. The van der Waals surface area contributed by atoms with Gasteiger partial charge < -0.3 is 10.0 Å². The molecular formula is C18H29NO3. The molecule has 1 aliphatic heterocycles. The van der Waals surface area contributed by atoms with Crippen LogP contribution in [0.5, 0.6) is 0 Å². The van der Waals surface area contributed by atoms with Crippen molar-refractivity contribution < 1.29 is 14.7 Å². The fourth-order valence-corrected chi connectivity index (χ4v) is 5.54. The third kappa shape index (κ3) is 2.89. The molecule has 1 saturated heterocycles. The molecule has 4 nitrogen and oxygen atoms in total. The van der Waals surface area contributed by atoms with E-state index in [1.54, 1.807) is 0 Å². The minimum absolute atomic E-state index is 0.0571. The highest BCUT2D eigenvalue weighted by Crippen LogP contribution is 2.53. The van der Waals surface area contributed by atoms with E-state index in [4.69, 9.17) is 5.11 Å². The van der Waals surface area contributed by atoms with E-state index in [2.05, 4.69) is 25.7 Å². The van der Waals surface area contributed by atoms with Gasteiger partial charge in [0.25, 0.3) is 0 Å². The summed E-state index contributed by atoms with van der Waals surface area (Å²) in [6, 6.07) is 0.401. The Kier molecular flexibility index (Phi) is 3.77. The van der Waals surface area contributed by atoms with Gasteiger partial charge in [0, 0.05) is 18.5 Å². The second-order valence-corrected chi connectivity index (χ2v) is 9.07. The summed E-state index contributed by atoms with van der Waals surface area (Å²) in [5, 5.41) is 9.09. The van der Waals surface area contributed by atoms with Crippen molar-refractivity contribution in [1.29, 1.82) is 0 Å². The van der Waals surface area contributed by atoms with E-state index in [9.17, 15) is 9.59 Å². The Morgan fingerprint density at radius 2 is 1.59 bits per heavy atom. The van der Waals surface area contributed by atoms with Crippen molar-refractivity contribution in [2.24, 2.45) is 22.7 Å². The first-order valence-electron chi connectivity index (χ1n) is 8.72. The molecule has 2 unspecified atom stereocenters. The number of carboxylic acid groups (broad SMARTS) is 1. The SMILES string of the molecule is CC1(C)CC2CC(C)(CN2C(=O)C2CCC(C(=O)O)CC2)C1. The topological polar surface area (TPSA) is 57.6 Å². The van der Waals surface area contributed by atoms with E-state index in [1.165, 1.54) is 6.42 Å². The standard InChI is InChI=1S/C18H29NO3/c1-17(2)8-14-9-18(3,10-17)11-19(14)15(20)12-4-6-13(7-5-12)16(21)22/h12-14H,4-11H2,1-3H3,(H,21,22). The maximum Gasteiger partial charge on any atom is 0.306 e. The van der Waals surface area contributed by atoms with Gasteiger partial charge in [0.05, 0.1) is 5.92 Å². The first-order chi connectivity index (χ1) is 10.2. The van der Waals surface area contributed by atoms with Crippen LogP contribution in [-0.4, -0.2) is 34.5 Å². The Hall–Kier alpha value is -1.06. The molecule has 0 aromatic heterocycles. The summed E-state index contributed by atoms with van der Waals surface area (Å²) in [5.74, 6) is -0.576. The zero-order chi connectivity index (χ0) is 16.1. The van der Waals surface area contributed by atoms with Gasteiger partial charge in [-0.25, -0.2) is 0 Å². The quantitative estimate of drug-likeness (QED) is 0.851. The first-order valence-corrected chi connectivity index (χ1v) is 8.72. The van der Waals surface area contributed by atoms with Crippen LogP contribution >= 0.6 is 0 Å². The summed E-state index contributed by atoms with van der Waals surface area (Å²) < 4.78 is 0. The lowest BCUT2D eigenvalue weighted by atomic mass is 9.65. The molecule has 4 heteroatoms. The third-order valence-electron chi connectivity index (χ3n) is 6.12. The number of fused-ring (bicyclic) bond motifs is 2. The van der Waals surface area contributed by atoms with Crippen molar-refractivity contribution in [2.75, 3.05) is 6.54 Å². The average Bonchev–Trinajstić information content (AvgIpc) is 2.67. The van der Waals surface area contributed by atoms with Gasteiger partial charge in [-0.15, -0.1) is 0 Å². The third-order valence-corrected chi connectivity index (χ3v) is 6.12. The molecule has 3 rings (SSSR count). The molecule has 2 atom stereocenters. The average molecular weight is 307 g/mol. The van der Waals surface area contributed by atoms with Crippen LogP contribution in [0.4, 0.5) is 0 Å². The Morgan fingerprint density at radius 1 is 1.00 bits per heavy atom. The van der Waals surface area contributed by atoms with Crippen molar-refractivity contribution >= 4 is 11.9 Å². The highest BCUT2D eigenvalue weighted by molar-refractivity contribution is 5.80. The van der Waals surface area contributed by atoms with Crippen LogP contribution in [0.1, 0.15) is 65.7 Å².